The number of hydrogen-bond donors (Lipinski definition) is 3. The van der Waals surface area contributed by atoms with Crippen LogP contribution in [-0.2, 0) is 4.74 Å². The predicted molar refractivity (Wildman–Crippen MR) is 131 cm³/mol. The lowest BCUT2D eigenvalue weighted by atomic mass is 9.83. The zero-order chi connectivity index (χ0) is 24.8. The number of primary amides is 1. The van der Waals surface area contributed by atoms with Crippen LogP contribution < -0.4 is 16.4 Å². The van der Waals surface area contributed by atoms with Gasteiger partial charge in [-0.3, -0.25) is 9.48 Å². The Hall–Kier alpha value is -3.43. The number of aromatic nitrogens is 2. The first-order valence-corrected chi connectivity index (χ1v) is 12.2. The van der Waals surface area contributed by atoms with E-state index in [1.54, 1.807) is 30.1 Å². The van der Waals surface area contributed by atoms with Gasteiger partial charge in [0.25, 0.3) is 5.91 Å². The van der Waals surface area contributed by atoms with Crippen molar-refractivity contribution >= 4 is 29.7 Å². The lowest BCUT2D eigenvalue weighted by Crippen LogP contribution is -2.40. The van der Waals surface area contributed by atoms with Crippen molar-refractivity contribution in [3.05, 3.63) is 41.8 Å². The fourth-order valence-corrected chi connectivity index (χ4v) is 5.04. The van der Waals surface area contributed by atoms with E-state index < -0.39 is 5.91 Å². The average molecular weight is 485 g/mol. The summed E-state index contributed by atoms with van der Waals surface area (Å²) in [6.07, 6.45) is 10.4. The number of alkyl carbamates (subject to hydrolysis) is 1. The molecule has 1 aromatic heterocycles. The zero-order valence-corrected chi connectivity index (χ0v) is 20.0. The van der Waals surface area contributed by atoms with E-state index in [-0.39, 0.29) is 41.6 Å². The molecule has 188 valence electrons. The van der Waals surface area contributed by atoms with Crippen LogP contribution in [0.4, 0.5) is 20.7 Å². The van der Waals surface area contributed by atoms with Crippen molar-refractivity contribution in [1.82, 2.24) is 15.1 Å². The lowest BCUT2D eigenvalue weighted by molar-refractivity contribution is 0.0516. The van der Waals surface area contributed by atoms with Gasteiger partial charge in [0.15, 0.2) is 5.82 Å². The van der Waals surface area contributed by atoms with Gasteiger partial charge in [-0.1, -0.05) is 19.3 Å². The average Bonchev–Trinajstić information content (AvgIpc) is 3.25. The van der Waals surface area contributed by atoms with Crippen LogP contribution in [0.2, 0.25) is 0 Å². The number of nitrogens with zero attached hydrogens (tertiary/aromatic N) is 3. The molecule has 2 fully saturated rings. The van der Waals surface area contributed by atoms with Crippen molar-refractivity contribution in [2.45, 2.75) is 69.6 Å². The van der Waals surface area contributed by atoms with Crippen molar-refractivity contribution in [2.24, 2.45) is 16.6 Å². The fourth-order valence-electron chi connectivity index (χ4n) is 5.04. The number of hydrogen-bond acceptors (Lipinski definition) is 6. The van der Waals surface area contributed by atoms with Gasteiger partial charge in [-0.05, 0) is 56.4 Å². The van der Waals surface area contributed by atoms with E-state index in [9.17, 15) is 14.0 Å². The van der Waals surface area contributed by atoms with Crippen LogP contribution in [-0.4, -0.2) is 47.2 Å². The maximum Gasteiger partial charge on any atom is 0.407 e. The summed E-state index contributed by atoms with van der Waals surface area (Å²) in [5.41, 5.74) is 6.43. The Kier molecular flexibility index (Phi) is 7.99. The second kappa shape index (κ2) is 11.3. The first kappa shape index (κ1) is 24.7. The molecular formula is C25H33FN6O3. The van der Waals surface area contributed by atoms with Crippen molar-refractivity contribution in [2.75, 3.05) is 12.4 Å². The minimum Gasteiger partial charge on any atom is -0.446 e. The van der Waals surface area contributed by atoms with Crippen LogP contribution in [0.3, 0.4) is 0 Å². The molecule has 0 spiro atoms. The van der Waals surface area contributed by atoms with Crippen LogP contribution in [0, 0.1) is 11.7 Å². The molecule has 9 nitrogen and oxygen atoms in total. The molecule has 2 amide bonds. The highest BCUT2D eigenvalue weighted by Gasteiger charge is 2.34. The number of benzene rings is 1. The molecule has 0 saturated heterocycles. The van der Waals surface area contributed by atoms with Crippen LogP contribution in [0.15, 0.2) is 35.5 Å². The largest absolute Gasteiger partial charge is 0.446 e. The van der Waals surface area contributed by atoms with Gasteiger partial charge in [0.2, 0.25) is 0 Å². The van der Waals surface area contributed by atoms with E-state index in [0.29, 0.717) is 30.8 Å². The first-order chi connectivity index (χ1) is 16.9. The fraction of sp³-hybridized carbons (Fsp3) is 0.520. The van der Waals surface area contributed by atoms with Crippen molar-refractivity contribution < 1.29 is 18.7 Å². The maximum absolute atomic E-state index is 13.3. The van der Waals surface area contributed by atoms with Crippen LogP contribution in [0.25, 0.3) is 0 Å². The molecule has 35 heavy (non-hydrogen) atoms. The Balaban J connectivity index is 1.44. The van der Waals surface area contributed by atoms with Gasteiger partial charge in [0.05, 0.1) is 6.04 Å². The van der Waals surface area contributed by atoms with Crippen molar-refractivity contribution in [3.63, 3.8) is 0 Å². The SMILES string of the molecule is CN=CC1CC(OC(=O)NC2CCCCC2)CCC1n1cc(C(N)=O)c(Nc2ccc(F)cc2)n1. The smallest absolute Gasteiger partial charge is 0.407 e. The number of rotatable bonds is 7. The summed E-state index contributed by atoms with van der Waals surface area (Å²) in [6, 6.07) is 5.88. The standard InChI is InChI=1S/C25H33FN6O3/c1-28-14-16-13-20(35-25(34)30-18-5-3-2-4-6-18)11-12-22(16)32-15-21(23(27)33)24(31-32)29-19-9-7-17(26)8-10-19/h7-10,14-16,18,20,22H,2-6,11-13H2,1H3,(H2,27,33)(H,29,31)(H,30,34). The molecule has 0 bridgehead atoms. The van der Waals surface area contributed by atoms with Gasteiger partial charge in [0, 0.05) is 37.1 Å². The number of nitrogens with two attached hydrogens (primary N) is 1. The normalized spacial score (nSPS) is 23.2. The molecule has 0 radical (unpaired) electrons. The Morgan fingerprint density at radius 3 is 2.60 bits per heavy atom. The first-order valence-electron chi connectivity index (χ1n) is 12.2. The molecule has 10 heteroatoms. The molecule has 4 rings (SSSR count). The van der Waals surface area contributed by atoms with E-state index in [4.69, 9.17) is 10.5 Å². The molecule has 1 aromatic carbocycles. The molecule has 2 aliphatic carbocycles. The van der Waals surface area contributed by atoms with Crippen LogP contribution in [0.1, 0.15) is 67.8 Å². The van der Waals surface area contributed by atoms with Gasteiger partial charge < -0.3 is 26.1 Å². The number of anilines is 2. The van der Waals surface area contributed by atoms with Crippen molar-refractivity contribution in [3.8, 4) is 0 Å². The molecule has 2 aliphatic rings. The highest BCUT2D eigenvalue weighted by molar-refractivity contribution is 5.98. The zero-order valence-electron chi connectivity index (χ0n) is 20.0. The third-order valence-corrected chi connectivity index (χ3v) is 6.80. The van der Waals surface area contributed by atoms with Crippen LogP contribution in [0.5, 0.6) is 0 Å². The van der Waals surface area contributed by atoms with Gasteiger partial charge >= 0.3 is 6.09 Å². The topological polar surface area (TPSA) is 124 Å². The number of carbonyl (C=O) groups is 2. The summed E-state index contributed by atoms with van der Waals surface area (Å²) in [5.74, 6) is -0.704. The van der Waals surface area contributed by atoms with E-state index in [1.165, 1.54) is 18.6 Å². The quantitative estimate of drug-likeness (QED) is 0.505. The number of halogens is 1. The monoisotopic (exact) mass is 484 g/mol. The number of amides is 2. The van der Waals surface area contributed by atoms with Gasteiger partial charge in [0.1, 0.15) is 17.5 Å². The second-order valence-corrected chi connectivity index (χ2v) is 9.33. The van der Waals surface area contributed by atoms with E-state index in [1.807, 2.05) is 6.21 Å². The summed E-state index contributed by atoms with van der Waals surface area (Å²) >= 11 is 0. The van der Waals surface area contributed by atoms with E-state index in [2.05, 4.69) is 20.7 Å². The number of nitrogens with one attached hydrogen (secondary N) is 2. The number of carbonyl (C=O) groups excluding carboxylic acids is 2. The summed E-state index contributed by atoms with van der Waals surface area (Å²) in [6.45, 7) is 0. The molecule has 2 saturated carbocycles. The van der Waals surface area contributed by atoms with Gasteiger partial charge in [-0.25, -0.2) is 9.18 Å². The van der Waals surface area contributed by atoms with Gasteiger partial charge in [-0.2, -0.15) is 5.10 Å². The van der Waals surface area contributed by atoms with Gasteiger partial charge in [-0.15, -0.1) is 0 Å². The Bertz CT molecular complexity index is 1050. The number of aliphatic imine (C=N–C) groups is 1. The summed E-state index contributed by atoms with van der Waals surface area (Å²) in [7, 11) is 1.71. The Morgan fingerprint density at radius 1 is 1.17 bits per heavy atom. The molecule has 2 aromatic rings. The molecule has 0 aliphatic heterocycles. The minimum atomic E-state index is -0.613. The summed E-state index contributed by atoms with van der Waals surface area (Å²) < 4.78 is 20.7. The Labute approximate surface area is 204 Å². The highest BCUT2D eigenvalue weighted by atomic mass is 19.1. The molecular weight excluding hydrogens is 451 g/mol. The maximum atomic E-state index is 13.3. The summed E-state index contributed by atoms with van der Waals surface area (Å²) in [5, 5.41) is 10.7. The minimum absolute atomic E-state index is 0.0412. The Morgan fingerprint density at radius 2 is 1.91 bits per heavy atom. The molecule has 4 N–H and O–H groups in total. The lowest BCUT2D eigenvalue weighted by Gasteiger charge is -2.34. The number of ether oxygens (including phenoxy) is 1. The molecule has 3 unspecified atom stereocenters. The second-order valence-electron chi connectivity index (χ2n) is 9.33. The molecule has 3 atom stereocenters. The molecule has 1 heterocycles. The highest BCUT2D eigenvalue weighted by Crippen LogP contribution is 2.35. The van der Waals surface area contributed by atoms with Crippen LogP contribution >= 0.6 is 0 Å². The van der Waals surface area contributed by atoms with E-state index in [0.717, 1.165) is 25.7 Å². The third-order valence-electron chi connectivity index (χ3n) is 6.80. The van der Waals surface area contributed by atoms with E-state index >= 15 is 0 Å². The van der Waals surface area contributed by atoms with Crippen molar-refractivity contribution in [1.29, 1.82) is 0 Å². The summed E-state index contributed by atoms with van der Waals surface area (Å²) in [4.78, 5) is 28.7. The predicted octanol–water partition coefficient (Wildman–Crippen LogP) is 4.33. The third kappa shape index (κ3) is 6.37.